The van der Waals surface area contributed by atoms with E-state index < -0.39 is 11.7 Å². The first-order valence-corrected chi connectivity index (χ1v) is 9.20. The first-order valence-electron chi connectivity index (χ1n) is 8.40. The van der Waals surface area contributed by atoms with E-state index in [0.717, 1.165) is 22.3 Å². The van der Waals surface area contributed by atoms with E-state index in [1.165, 1.54) is 34.0 Å². The number of alkyl halides is 3. The van der Waals surface area contributed by atoms with E-state index in [9.17, 15) is 18.0 Å². The summed E-state index contributed by atoms with van der Waals surface area (Å²) in [4.78, 5) is 14.1. The minimum atomic E-state index is -4.45. The molecule has 0 saturated heterocycles. The summed E-state index contributed by atoms with van der Waals surface area (Å²) < 4.78 is 47.4. The third kappa shape index (κ3) is 4.97. The molecule has 0 spiro atoms. The van der Waals surface area contributed by atoms with Gasteiger partial charge in [-0.2, -0.15) is 23.4 Å². The molecule has 1 aromatic carbocycles. The molecule has 3 aromatic rings. The van der Waals surface area contributed by atoms with Crippen LogP contribution >= 0.6 is 15.9 Å². The van der Waals surface area contributed by atoms with Crippen LogP contribution in [0.15, 0.2) is 47.2 Å². The van der Waals surface area contributed by atoms with Gasteiger partial charge in [-0.25, -0.2) is 4.68 Å². The molecule has 0 aliphatic heterocycles. The average Bonchev–Trinajstić information content (AvgIpc) is 3.27. The highest BCUT2D eigenvalue weighted by Gasteiger charge is 2.30. The lowest BCUT2D eigenvalue weighted by Crippen LogP contribution is -2.28. The van der Waals surface area contributed by atoms with Crippen LogP contribution in [0.3, 0.4) is 0 Å². The van der Waals surface area contributed by atoms with E-state index in [0.29, 0.717) is 6.54 Å². The minimum Gasteiger partial charge on any atom is -0.471 e. The normalized spacial score (nSPS) is 11.5. The Balaban J connectivity index is 1.62. The van der Waals surface area contributed by atoms with Gasteiger partial charge in [0, 0.05) is 20.3 Å². The summed E-state index contributed by atoms with van der Waals surface area (Å²) >= 11 is 3.39. The van der Waals surface area contributed by atoms with Gasteiger partial charge in [0.1, 0.15) is 5.75 Å². The Hall–Kier alpha value is -2.82. The molecule has 2 aromatic heterocycles. The van der Waals surface area contributed by atoms with E-state index in [2.05, 4.69) is 26.1 Å². The SMILES string of the molecule is CN(Cc1c(Br)cnn1C)C(=O)c1ccn(COc2cccc(C(F)(F)F)c2)n1. The second kappa shape index (κ2) is 8.27. The lowest BCUT2D eigenvalue weighted by molar-refractivity contribution is -0.137. The Morgan fingerprint density at radius 3 is 2.72 bits per heavy atom. The number of rotatable bonds is 6. The molecule has 0 radical (unpaired) electrons. The zero-order chi connectivity index (χ0) is 21.2. The van der Waals surface area contributed by atoms with Crippen LogP contribution < -0.4 is 4.74 Å². The highest BCUT2D eigenvalue weighted by molar-refractivity contribution is 9.10. The van der Waals surface area contributed by atoms with Crippen LogP contribution in [0.25, 0.3) is 0 Å². The molecule has 0 bridgehead atoms. The van der Waals surface area contributed by atoms with Gasteiger partial charge in [0.05, 0.1) is 28.5 Å². The third-order valence-electron chi connectivity index (χ3n) is 4.13. The smallest absolute Gasteiger partial charge is 0.416 e. The van der Waals surface area contributed by atoms with Crippen molar-refractivity contribution in [1.29, 1.82) is 0 Å². The molecule has 1 amide bonds. The van der Waals surface area contributed by atoms with E-state index >= 15 is 0 Å². The molecule has 0 fully saturated rings. The van der Waals surface area contributed by atoms with Crippen LogP contribution in [-0.2, 0) is 26.5 Å². The average molecular weight is 472 g/mol. The van der Waals surface area contributed by atoms with Crippen LogP contribution in [0.2, 0.25) is 0 Å². The van der Waals surface area contributed by atoms with E-state index in [4.69, 9.17) is 4.74 Å². The van der Waals surface area contributed by atoms with Crippen molar-refractivity contribution in [2.75, 3.05) is 7.05 Å². The third-order valence-corrected chi connectivity index (χ3v) is 4.79. The van der Waals surface area contributed by atoms with Crippen LogP contribution in [-0.4, -0.2) is 37.4 Å². The zero-order valence-electron chi connectivity index (χ0n) is 15.5. The molecule has 0 saturated carbocycles. The molecule has 0 atom stereocenters. The van der Waals surface area contributed by atoms with Gasteiger partial charge in [0.2, 0.25) is 0 Å². The lowest BCUT2D eigenvalue weighted by Gasteiger charge is -2.16. The molecule has 29 heavy (non-hydrogen) atoms. The highest BCUT2D eigenvalue weighted by atomic mass is 79.9. The fourth-order valence-electron chi connectivity index (χ4n) is 2.56. The van der Waals surface area contributed by atoms with Crippen molar-refractivity contribution >= 4 is 21.8 Å². The van der Waals surface area contributed by atoms with Crippen molar-refractivity contribution in [3.8, 4) is 5.75 Å². The molecular weight excluding hydrogens is 455 g/mol. The number of carbonyl (C=O) groups is 1. The Labute approximate surface area is 172 Å². The number of benzene rings is 1. The summed E-state index contributed by atoms with van der Waals surface area (Å²) in [6, 6.07) is 6.09. The standard InChI is InChI=1S/C18H17BrF3N5O2/c1-25(10-16-14(19)9-23-26(16)2)17(28)15-6-7-27(24-15)11-29-13-5-3-4-12(8-13)18(20,21)22/h3-9H,10-11H2,1-2H3. The Morgan fingerprint density at radius 2 is 2.07 bits per heavy atom. The second-order valence-corrected chi connectivity index (χ2v) is 7.12. The van der Waals surface area contributed by atoms with Gasteiger partial charge in [-0.3, -0.25) is 9.48 Å². The molecule has 0 N–H and O–H groups in total. The van der Waals surface area contributed by atoms with Gasteiger partial charge < -0.3 is 9.64 Å². The molecule has 3 rings (SSSR count). The predicted octanol–water partition coefficient (Wildman–Crippen LogP) is 3.71. The molecule has 0 aliphatic carbocycles. The van der Waals surface area contributed by atoms with Crippen molar-refractivity contribution < 1.29 is 22.7 Å². The van der Waals surface area contributed by atoms with Crippen molar-refractivity contribution in [3.63, 3.8) is 0 Å². The van der Waals surface area contributed by atoms with Crippen LogP contribution in [0.1, 0.15) is 21.7 Å². The van der Waals surface area contributed by atoms with Crippen LogP contribution in [0, 0.1) is 0 Å². The molecule has 0 unspecified atom stereocenters. The molecule has 2 heterocycles. The van der Waals surface area contributed by atoms with Crippen LogP contribution in [0.4, 0.5) is 13.2 Å². The number of carbonyl (C=O) groups excluding carboxylic acids is 1. The summed E-state index contributed by atoms with van der Waals surface area (Å²) in [6.07, 6.45) is -1.28. The number of aromatic nitrogens is 4. The van der Waals surface area contributed by atoms with E-state index in [-0.39, 0.29) is 24.1 Å². The maximum Gasteiger partial charge on any atom is 0.416 e. The van der Waals surface area contributed by atoms with Crippen molar-refractivity contribution in [3.05, 3.63) is 64.1 Å². The van der Waals surface area contributed by atoms with Crippen LogP contribution in [0.5, 0.6) is 5.75 Å². The lowest BCUT2D eigenvalue weighted by atomic mass is 10.2. The molecule has 11 heteroatoms. The molecule has 154 valence electrons. The van der Waals surface area contributed by atoms with E-state index in [1.54, 1.807) is 25.0 Å². The quantitative estimate of drug-likeness (QED) is 0.549. The zero-order valence-corrected chi connectivity index (χ0v) is 17.1. The van der Waals surface area contributed by atoms with Gasteiger partial charge in [0.15, 0.2) is 12.4 Å². The second-order valence-electron chi connectivity index (χ2n) is 6.26. The fraction of sp³-hybridized carbons (Fsp3) is 0.278. The van der Waals surface area contributed by atoms with E-state index in [1.807, 2.05) is 0 Å². The van der Waals surface area contributed by atoms with Gasteiger partial charge in [-0.15, -0.1) is 0 Å². The monoisotopic (exact) mass is 471 g/mol. The summed E-state index contributed by atoms with van der Waals surface area (Å²) in [5.41, 5.74) is 0.223. The fourth-order valence-corrected chi connectivity index (χ4v) is 3.03. The molecular formula is C18H17BrF3N5O2. The molecule has 7 nitrogen and oxygen atoms in total. The van der Waals surface area contributed by atoms with Gasteiger partial charge in [0.25, 0.3) is 5.91 Å². The van der Waals surface area contributed by atoms with Gasteiger partial charge in [-0.05, 0) is 40.2 Å². The highest BCUT2D eigenvalue weighted by Crippen LogP contribution is 2.31. The Bertz CT molecular complexity index is 996. The number of aryl methyl sites for hydroxylation is 1. The van der Waals surface area contributed by atoms with Crippen molar-refractivity contribution in [1.82, 2.24) is 24.5 Å². The number of amides is 1. The number of hydrogen-bond donors (Lipinski definition) is 0. The topological polar surface area (TPSA) is 65.2 Å². The summed E-state index contributed by atoms with van der Waals surface area (Å²) in [7, 11) is 3.41. The maximum atomic E-state index is 12.8. The Morgan fingerprint density at radius 1 is 1.31 bits per heavy atom. The largest absolute Gasteiger partial charge is 0.471 e. The van der Waals surface area contributed by atoms with Crippen molar-refractivity contribution in [2.45, 2.75) is 19.5 Å². The summed E-state index contributed by atoms with van der Waals surface area (Å²) in [5, 5.41) is 8.24. The number of nitrogens with zero attached hydrogens (tertiary/aromatic N) is 5. The van der Waals surface area contributed by atoms with Crippen molar-refractivity contribution in [2.24, 2.45) is 7.05 Å². The first kappa shape index (κ1) is 20.9. The Kier molecular flexibility index (Phi) is 5.96. The number of hydrogen-bond acceptors (Lipinski definition) is 4. The number of halogens is 4. The minimum absolute atomic E-state index is 0.0568. The predicted molar refractivity (Wildman–Crippen MR) is 101 cm³/mol. The van der Waals surface area contributed by atoms with Gasteiger partial charge in [-0.1, -0.05) is 6.07 Å². The summed E-state index contributed by atoms with van der Waals surface area (Å²) in [6.45, 7) is 0.190. The first-order chi connectivity index (χ1) is 13.6. The van der Waals surface area contributed by atoms with Gasteiger partial charge >= 0.3 is 6.18 Å². The maximum absolute atomic E-state index is 12.8. The molecule has 0 aliphatic rings. The summed E-state index contributed by atoms with van der Waals surface area (Å²) in [5.74, 6) is -0.253. The number of ether oxygens (including phenoxy) is 1.